The Balaban J connectivity index is 3.46. The zero-order chi connectivity index (χ0) is 10.3. The van der Waals surface area contributed by atoms with Crippen LogP contribution >= 0.6 is 0 Å². The summed E-state index contributed by atoms with van der Waals surface area (Å²) in [7, 11) is 0. The van der Waals surface area contributed by atoms with Crippen LogP contribution in [0.15, 0.2) is 0 Å². The second-order valence-electron chi connectivity index (χ2n) is 3.17. The molecule has 0 saturated heterocycles. The lowest BCUT2D eigenvalue weighted by molar-refractivity contribution is -0.165. The quantitative estimate of drug-likeness (QED) is 0.632. The molecule has 0 aromatic carbocycles. The van der Waals surface area contributed by atoms with Crippen LogP contribution in [0, 0.1) is 0 Å². The summed E-state index contributed by atoms with van der Waals surface area (Å²) >= 11 is 0. The van der Waals surface area contributed by atoms with E-state index in [0.717, 1.165) is 19.3 Å². The summed E-state index contributed by atoms with van der Waals surface area (Å²) in [5.41, 5.74) is 0. The van der Waals surface area contributed by atoms with E-state index < -0.39 is 18.3 Å². The minimum absolute atomic E-state index is 0.291. The topological polar surface area (TPSA) is 37.3 Å². The van der Waals surface area contributed by atoms with E-state index in [-0.39, 0.29) is 0 Å². The summed E-state index contributed by atoms with van der Waals surface area (Å²) in [6.45, 7) is 2.03. The fourth-order valence-electron chi connectivity index (χ4n) is 1.06. The molecule has 0 spiro atoms. The molecule has 4 heteroatoms. The number of carbonyl (C=O) groups is 1. The van der Waals surface area contributed by atoms with Crippen molar-refractivity contribution in [1.82, 2.24) is 0 Å². The van der Waals surface area contributed by atoms with Crippen LogP contribution < -0.4 is 0 Å². The summed E-state index contributed by atoms with van der Waals surface area (Å²) in [6, 6.07) is 0. The number of rotatable bonds is 7. The fraction of sp³-hybridized carbons (Fsp3) is 0.889. The Morgan fingerprint density at radius 1 is 1.23 bits per heavy atom. The highest BCUT2D eigenvalue weighted by Crippen LogP contribution is 2.22. The molecule has 0 fully saturated rings. The molecule has 0 saturated carbocycles. The van der Waals surface area contributed by atoms with Crippen molar-refractivity contribution in [3.63, 3.8) is 0 Å². The first-order valence-corrected chi connectivity index (χ1v) is 4.62. The summed E-state index contributed by atoms with van der Waals surface area (Å²) in [5, 5.41) is 8.09. The van der Waals surface area contributed by atoms with Crippen LogP contribution in [0.3, 0.4) is 0 Å². The maximum absolute atomic E-state index is 12.5. The number of unbranched alkanes of at least 4 members (excludes halogenated alkanes) is 4. The molecule has 0 aliphatic rings. The van der Waals surface area contributed by atoms with Crippen LogP contribution in [0.25, 0.3) is 0 Å². The minimum Gasteiger partial charge on any atom is -0.477 e. The van der Waals surface area contributed by atoms with Gasteiger partial charge in [-0.15, -0.1) is 0 Å². The lowest BCUT2D eigenvalue weighted by Crippen LogP contribution is -2.27. The molecular formula is C9H16F2O2. The van der Waals surface area contributed by atoms with Gasteiger partial charge in [0.2, 0.25) is 0 Å². The predicted octanol–water partition coefficient (Wildman–Crippen LogP) is 3.07. The molecule has 0 aliphatic carbocycles. The van der Waals surface area contributed by atoms with Gasteiger partial charge < -0.3 is 5.11 Å². The summed E-state index contributed by atoms with van der Waals surface area (Å²) in [5.74, 6) is -5.55. The summed E-state index contributed by atoms with van der Waals surface area (Å²) in [4.78, 5) is 9.99. The van der Waals surface area contributed by atoms with Crippen molar-refractivity contribution in [2.45, 2.75) is 51.4 Å². The highest BCUT2D eigenvalue weighted by molar-refractivity contribution is 5.75. The second-order valence-corrected chi connectivity index (χ2v) is 3.17. The van der Waals surface area contributed by atoms with Gasteiger partial charge in [0.15, 0.2) is 0 Å². The first-order valence-electron chi connectivity index (χ1n) is 4.62. The number of hydrogen-bond acceptors (Lipinski definition) is 1. The summed E-state index contributed by atoms with van der Waals surface area (Å²) < 4.78 is 24.9. The third-order valence-electron chi connectivity index (χ3n) is 1.91. The Kier molecular flexibility index (Phi) is 5.58. The average Bonchev–Trinajstić information content (AvgIpc) is 2.03. The second kappa shape index (κ2) is 5.89. The monoisotopic (exact) mass is 194 g/mol. The van der Waals surface area contributed by atoms with Crippen molar-refractivity contribution < 1.29 is 18.7 Å². The standard InChI is InChI=1S/C9H16F2O2/c1-2-3-4-5-6-7-9(10,11)8(12)13/h2-7H2,1H3,(H,12,13). The highest BCUT2D eigenvalue weighted by Gasteiger charge is 2.37. The smallest absolute Gasteiger partial charge is 0.374 e. The number of halogens is 2. The van der Waals surface area contributed by atoms with Gasteiger partial charge in [-0.3, -0.25) is 0 Å². The Hall–Kier alpha value is -0.670. The average molecular weight is 194 g/mol. The molecule has 0 atom stereocenters. The number of carboxylic acids is 1. The predicted molar refractivity (Wildman–Crippen MR) is 46.0 cm³/mol. The van der Waals surface area contributed by atoms with Gasteiger partial charge in [0, 0.05) is 6.42 Å². The van der Waals surface area contributed by atoms with Crippen molar-refractivity contribution in [2.75, 3.05) is 0 Å². The van der Waals surface area contributed by atoms with E-state index in [4.69, 9.17) is 5.11 Å². The lowest BCUT2D eigenvalue weighted by atomic mass is 10.1. The Morgan fingerprint density at radius 2 is 1.77 bits per heavy atom. The van der Waals surface area contributed by atoms with Crippen LogP contribution in [-0.2, 0) is 4.79 Å². The maximum Gasteiger partial charge on any atom is 0.374 e. The van der Waals surface area contributed by atoms with E-state index in [9.17, 15) is 13.6 Å². The molecule has 0 aromatic heterocycles. The zero-order valence-electron chi connectivity index (χ0n) is 7.85. The molecule has 1 N–H and O–H groups in total. The van der Waals surface area contributed by atoms with Gasteiger partial charge in [0.1, 0.15) is 0 Å². The Bertz CT molecular complexity index is 158. The maximum atomic E-state index is 12.5. The van der Waals surface area contributed by atoms with E-state index in [0.29, 0.717) is 12.8 Å². The molecule has 0 rings (SSSR count). The Labute approximate surface area is 76.9 Å². The van der Waals surface area contributed by atoms with Crippen molar-refractivity contribution in [2.24, 2.45) is 0 Å². The van der Waals surface area contributed by atoms with E-state index >= 15 is 0 Å². The molecule has 0 aromatic rings. The fourth-order valence-corrected chi connectivity index (χ4v) is 1.06. The van der Waals surface area contributed by atoms with Crippen LogP contribution in [0.4, 0.5) is 8.78 Å². The van der Waals surface area contributed by atoms with E-state index in [1.165, 1.54) is 0 Å². The Morgan fingerprint density at radius 3 is 2.23 bits per heavy atom. The first-order chi connectivity index (χ1) is 6.00. The molecule has 0 heterocycles. The van der Waals surface area contributed by atoms with Crippen LogP contribution in [0.1, 0.15) is 45.4 Å². The zero-order valence-corrected chi connectivity index (χ0v) is 7.85. The van der Waals surface area contributed by atoms with Crippen LogP contribution in [0.5, 0.6) is 0 Å². The molecule has 0 bridgehead atoms. The van der Waals surface area contributed by atoms with Gasteiger partial charge >= 0.3 is 11.9 Å². The minimum atomic E-state index is -3.54. The van der Waals surface area contributed by atoms with Gasteiger partial charge in [-0.05, 0) is 6.42 Å². The molecule has 13 heavy (non-hydrogen) atoms. The third-order valence-corrected chi connectivity index (χ3v) is 1.91. The van der Waals surface area contributed by atoms with Crippen molar-refractivity contribution in [3.8, 4) is 0 Å². The molecule has 0 amide bonds. The number of alkyl halides is 2. The number of hydrogen-bond donors (Lipinski definition) is 1. The molecule has 0 unspecified atom stereocenters. The van der Waals surface area contributed by atoms with E-state index in [2.05, 4.69) is 0 Å². The largest absolute Gasteiger partial charge is 0.477 e. The van der Waals surface area contributed by atoms with E-state index in [1.807, 2.05) is 6.92 Å². The molecule has 0 radical (unpaired) electrons. The normalized spacial score (nSPS) is 11.6. The molecule has 78 valence electrons. The van der Waals surface area contributed by atoms with Crippen LogP contribution in [-0.4, -0.2) is 17.0 Å². The van der Waals surface area contributed by atoms with E-state index in [1.54, 1.807) is 0 Å². The molecular weight excluding hydrogens is 178 g/mol. The SMILES string of the molecule is CCCCCCCC(F)(F)C(=O)O. The van der Waals surface area contributed by atoms with Gasteiger partial charge in [-0.2, -0.15) is 8.78 Å². The van der Waals surface area contributed by atoms with Crippen molar-refractivity contribution in [3.05, 3.63) is 0 Å². The van der Waals surface area contributed by atoms with Gasteiger partial charge in [-0.25, -0.2) is 4.79 Å². The van der Waals surface area contributed by atoms with Gasteiger partial charge in [0.05, 0.1) is 0 Å². The van der Waals surface area contributed by atoms with Crippen molar-refractivity contribution >= 4 is 5.97 Å². The number of carboxylic acid groups (broad SMARTS) is 1. The first kappa shape index (κ1) is 12.3. The summed E-state index contributed by atoms with van der Waals surface area (Å²) in [6.07, 6.45) is 3.43. The van der Waals surface area contributed by atoms with Gasteiger partial charge in [-0.1, -0.05) is 32.6 Å². The number of aliphatic carboxylic acids is 1. The third kappa shape index (κ3) is 5.55. The van der Waals surface area contributed by atoms with Gasteiger partial charge in [0.25, 0.3) is 0 Å². The van der Waals surface area contributed by atoms with Crippen LogP contribution in [0.2, 0.25) is 0 Å². The molecule has 2 nitrogen and oxygen atoms in total. The lowest BCUT2D eigenvalue weighted by Gasteiger charge is -2.09. The highest BCUT2D eigenvalue weighted by atomic mass is 19.3. The molecule has 0 aliphatic heterocycles. The van der Waals surface area contributed by atoms with Crippen molar-refractivity contribution in [1.29, 1.82) is 0 Å².